The quantitative estimate of drug-likeness (QED) is 0.820. The maximum atomic E-state index is 11.4. The predicted octanol–water partition coefficient (Wildman–Crippen LogP) is 2.00. The number of carbonyl (C=O) groups is 1. The molecule has 1 saturated carbocycles. The van der Waals surface area contributed by atoms with Crippen molar-refractivity contribution in [3.63, 3.8) is 0 Å². The van der Waals surface area contributed by atoms with E-state index in [-0.39, 0.29) is 12.1 Å². The lowest BCUT2D eigenvalue weighted by Gasteiger charge is -2.44. The van der Waals surface area contributed by atoms with Crippen molar-refractivity contribution in [2.24, 2.45) is 5.92 Å². The van der Waals surface area contributed by atoms with E-state index in [0.29, 0.717) is 12.5 Å². The van der Waals surface area contributed by atoms with E-state index < -0.39 is 0 Å². The minimum atomic E-state index is -0.264. The maximum Gasteiger partial charge on any atom is 0.407 e. The summed E-state index contributed by atoms with van der Waals surface area (Å²) in [4.78, 5) is 14.0. The number of hydrogen-bond donors (Lipinski definition) is 1. The maximum absolute atomic E-state index is 11.4. The number of likely N-dealkylation sites (tertiary alicyclic amines) is 1. The summed E-state index contributed by atoms with van der Waals surface area (Å²) >= 11 is 0. The summed E-state index contributed by atoms with van der Waals surface area (Å²) < 4.78 is 4.95. The van der Waals surface area contributed by atoms with Crippen LogP contribution in [0.2, 0.25) is 0 Å². The van der Waals surface area contributed by atoms with E-state index in [2.05, 4.69) is 17.1 Å². The van der Waals surface area contributed by atoms with E-state index >= 15 is 0 Å². The summed E-state index contributed by atoms with van der Waals surface area (Å²) in [5.74, 6) is 0.663. The molecule has 1 heterocycles. The van der Waals surface area contributed by atoms with Crippen LogP contribution >= 0.6 is 0 Å². The Morgan fingerprint density at radius 3 is 2.76 bits per heavy atom. The van der Waals surface area contributed by atoms with Crippen LogP contribution in [0.15, 0.2) is 0 Å². The zero-order chi connectivity index (χ0) is 12.3. The van der Waals surface area contributed by atoms with E-state index in [9.17, 15) is 4.79 Å². The van der Waals surface area contributed by atoms with E-state index in [1.54, 1.807) is 0 Å². The van der Waals surface area contributed by atoms with Gasteiger partial charge in [-0.15, -0.1) is 0 Å². The number of rotatable bonds is 3. The van der Waals surface area contributed by atoms with E-state index in [0.717, 1.165) is 19.0 Å². The molecule has 1 saturated heterocycles. The van der Waals surface area contributed by atoms with Gasteiger partial charge >= 0.3 is 6.09 Å². The molecule has 17 heavy (non-hydrogen) atoms. The number of amides is 1. The molecule has 0 aromatic carbocycles. The predicted molar refractivity (Wildman–Crippen MR) is 66.9 cm³/mol. The minimum Gasteiger partial charge on any atom is -0.450 e. The van der Waals surface area contributed by atoms with Crippen molar-refractivity contribution in [1.82, 2.24) is 10.2 Å². The highest BCUT2D eigenvalue weighted by atomic mass is 16.5. The van der Waals surface area contributed by atoms with Crippen LogP contribution in [0, 0.1) is 5.92 Å². The molecular formula is C13H24N2O2. The Bertz CT molecular complexity index is 266. The molecular weight excluding hydrogens is 216 g/mol. The van der Waals surface area contributed by atoms with Gasteiger partial charge < -0.3 is 10.1 Å². The second kappa shape index (κ2) is 5.71. The first kappa shape index (κ1) is 12.7. The van der Waals surface area contributed by atoms with Gasteiger partial charge in [0.15, 0.2) is 0 Å². The van der Waals surface area contributed by atoms with Crippen molar-refractivity contribution in [2.45, 2.75) is 51.6 Å². The summed E-state index contributed by atoms with van der Waals surface area (Å²) in [5.41, 5.74) is 0. The molecule has 0 bridgehead atoms. The normalized spacial score (nSPS) is 30.7. The van der Waals surface area contributed by atoms with Gasteiger partial charge in [-0.1, -0.05) is 13.3 Å². The summed E-state index contributed by atoms with van der Waals surface area (Å²) in [5, 5.41) is 2.98. The van der Waals surface area contributed by atoms with Crippen LogP contribution in [0.25, 0.3) is 0 Å². The van der Waals surface area contributed by atoms with Crippen molar-refractivity contribution in [3.8, 4) is 0 Å². The lowest BCUT2D eigenvalue weighted by atomic mass is 9.87. The summed E-state index contributed by atoms with van der Waals surface area (Å²) in [7, 11) is 0. The number of hydrogen-bond acceptors (Lipinski definition) is 3. The molecule has 1 aliphatic carbocycles. The van der Waals surface area contributed by atoms with Crippen LogP contribution in [0.1, 0.15) is 39.5 Å². The number of piperidine rings is 1. The highest BCUT2D eigenvalue weighted by Crippen LogP contribution is 2.29. The zero-order valence-corrected chi connectivity index (χ0v) is 10.9. The SMILES string of the molecule is CCOC(=O)NC1CC(C)CN(C2CCC2)C1. The van der Waals surface area contributed by atoms with Crippen LogP contribution in [-0.2, 0) is 4.74 Å². The molecule has 1 N–H and O–H groups in total. The molecule has 2 rings (SSSR count). The fourth-order valence-corrected chi connectivity index (χ4v) is 2.89. The van der Waals surface area contributed by atoms with Crippen LogP contribution in [0.3, 0.4) is 0 Å². The molecule has 4 heteroatoms. The molecule has 1 aliphatic heterocycles. The Morgan fingerprint density at radius 2 is 2.18 bits per heavy atom. The van der Waals surface area contributed by atoms with Gasteiger partial charge in [-0.3, -0.25) is 4.90 Å². The van der Waals surface area contributed by atoms with E-state index in [4.69, 9.17) is 4.74 Å². The van der Waals surface area contributed by atoms with Gasteiger partial charge in [-0.2, -0.15) is 0 Å². The zero-order valence-electron chi connectivity index (χ0n) is 10.9. The summed E-state index contributed by atoms with van der Waals surface area (Å²) in [6.07, 6.45) is 4.84. The van der Waals surface area contributed by atoms with Gasteiger partial charge in [0.25, 0.3) is 0 Å². The van der Waals surface area contributed by atoms with Gasteiger partial charge in [0.1, 0.15) is 0 Å². The number of carbonyl (C=O) groups excluding carboxylic acids is 1. The Kier molecular flexibility index (Phi) is 4.26. The number of ether oxygens (including phenoxy) is 1. The molecule has 2 unspecified atom stereocenters. The van der Waals surface area contributed by atoms with Crippen LogP contribution in [0.4, 0.5) is 4.79 Å². The molecule has 0 aromatic rings. The first-order chi connectivity index (χ1) is 8.19. The molecule has 2 fully saturated rings. The number of nitrogens with zero attached hydrogens (tertiary/aromatic N) is 1. The third kappa shape index (κ3) is 3.35. The average molecular weight is 240 g/mol. The van der Waals surface area contributed by atoms with Crippen LogP contribution in [-0.4, -0.2) is 42.8 Å². The first-order valence-electron chi connectivity index (χ1n) is 6.86. The molecule has 2 aliphatic rings. The fraction of sp³-hybridized carbons (Fsp3) is 0.923. The Morgan fingerprint density at radius 1 is 1.41 bits per heavy atom. The van der Waals surface area contributed by atoms with Gasteiger partial charge in [0.05, 0.1) is 6.61 Å². The van der Waals surface area contributed by atoms with Crippen molar-refractivity contribution in [2.75, 3.05) is 19.7 Å². The molecule has 1 amide bonds. The van der Waals surface area contributed by atoms with Crippen LogP contribution < -0.4 is 5.32 Å². The minimum absolute atomic E-state index is 0.262. The van der Waals surface area contributed by atoms with Crippen molar-refractivity contribution < 1.29 is 9.53 Å². The highest BCUT2D eigenvalue weighted by molar-refractivity contribution is 5.67. The monoisotopic (exact) mass is 240 g/mol. The van der Waals surface area contributed by atoms with Gasteiger partial charge in [-0.25, -0.2) is 4.79 Å². The molecule has 0 radical (unpaired) electrons. The van der Waals surface area contributed by atoms with Crippen LogP contribution in [0.5, 0.6) is 0 Å². The second-order valence-electron chi connectivity index (χ2n) is 5.44. The molecule has 98 valence electrons. The van der Waals surface area contributed by atoms with E-state index in [1.165, 1.54) is 25.8 Å². The lowest BCUT2D eigenvalue weighted by molar-refractivity contribution is 0.0606. The van der Waals surface area contributed by atoms with Crippen molar-refractivity contribution in [1.29, 1.82) is 0 Å². The van der Waals surface area contributed by atoms with Crippen molar-refractivity contribution in [3.05, 3.63) is 0 Å². The Hall–Kier alpha value is -0.770. The molecule has 2 atom stereocenters. The molecule has 0 aromatic heterocycles. The smallest absolute Gasteiger partial charge is 0.407 e. The summed E-state index contributed by atoms with van der Waals surface area (Å²) in [6, 6.07) is 1.03. The molecule has 0 spiro atoms. The Labute approximate surface area is 104 Å². The first-order valence-corrected chi connectivity index (χ1v) is 6.86. The topological polar surface area (TPSA) is 41.6 Å². The van der Waals surface area contributed by atoms with Crippen molar-refractivity contribution >= 4 is 6.09 Å². The second-order valence-corrected chi connectivity index (χ2v) is 5.44. The largest absolute Gasteiger partial charge is 0.450 e. The highest BCUT2D eigenvalue weighted by Gasteiger charge is 2.32. The van der Waals surface area contributed by atoms with Gasteiger partial charge in [0, 0.05) is 25.2 Å². The van der Waals surface area contributed by atoms with E-state index in [1.807, 2.05) is 6.92 Å². The average Bonchev–Trinajstić information content (AvgIpc) is 2.13. The summed E-state index contributed by atoms with van der Waals surface area (Å²) in [6.45, 7) is 6.73. The lowest BCUT2D eigenvalue weighted by Crippen LogP contribution is -2.54. The Balaban J connectivity index is 1.82. The van der Waals surface area contributed by atoms with Gasteiger partial charge in [-0.05, 0) is 32.1 Å². The fourth-order valence-electron chi connectivity index (χ4n) is 2.89. The number of alkyl carbamates (subject to hydrolysis) is 1. The number of nitrogens with one attached hydrogen (secondary N) is 1. The standard InChI is InChI=1S/C13H24N2O2/c1-3-17-13(16)14-11-7-10(2)8-15(9-11)12-5-4-6-12/h10-12H,3-9H2,1-2H3,(H,14,16). The third-order valence-corrected chi connectivity index (χ3v) is 3.88. The van der Waals surface area contributed by atoms with Gasteiger partial charge in [0.2, 0.25) is 0 Å². The third-order valence-electron chi connectivity index (χ3n) is 3.88. The molecule has 4 nitrogen and oxygen atoms in total.